The molecule has 20 heavy (non-hydrogen) atoms. The fraction of sp³-hybridized carbons (Fsp3) is 0.611. The number of hydrogen-bond acceptors (Lipinski definition) is 1. The van der Waals surface area contributed by atoms with Crippen molar-refractivity contribution in [1.29, 1.82) is 0 Å². The van der Waals surface area contributed by atoms with Crippen molar-refractivity contribution in [3.63, 3.8) is 0 Å². The monoisotopic (exact) mass is 273 g/mol. The van der Waals surface area contributed by atoms with Gasteiger partial charge in [-0.25, -0.2) is 0 Å². The lowest BCUT2D eigenvalue weighted by molar-refractivity contribution is 0.0544. The Morgan fingerprint density at radius 1 is 1.10 bits per heavy atom. The summed E-state index contributed by atoms with van der Waals surface area (Å²) in [5.74, 6) is 0.201. The standard InChI is InChI=1S/C18H27NO/c1-18(2,3)14-19(16-12-8-5-9-13-16)17(20)15-10-6-4-7-11-15/h4,6-7,10-11,16H,5,8-9,12-14H2,1-3H3. The molecule has 0 N–H and O–H groups in total. The third kappa shape index (κ3) is 4.09. The van der Waals surface area contributed by atoms with Crippen molar-refractivity contribution in [2.75, 3.05) is 6.54 Å². The van der Waals surface area contributed by atoms with E-state index in [0.717, 1.165) is 24.9 Å². The number of nitrogens with zero attached hydrogens (tertiary/aromatic N) is 1. The number of amides is 1. The molecule has 1 amide bonds. The van der Waals surface area contributed by atoms with Crippen LogP contribution in [0.2, 0.25) is 0 Å². The van der Waals surface area contributed by atoms with Crippen LogP contribution < -0.4 is 0 Å². The van der Waals surface area contributed by atoms with Gasteiger partial charge in [0, 0.05) is 18.2 Å². The van der Waals surface area contributed by atoms with E-state index in [-0.39, 0.29) is 11.3 Å². The third-order valence-electron chi connectivity index (χ3n) is 3.94. The summed E-state index contributed by atoms with van der Waals surface area (Å²) in [5, 5.41) is 0. The van der Waals surface area contributed by atoms with Crippen LogP contribution in [0.4, 0.5) is 0 Å². The van der Waals surface area contributed by atoms with Crippen molar-refractivity contribution in [3.8, 4) is 0 Å². The highest BCUT2D eigenvalue weighted by molar-refractivity contribution is 5.94. The molecule has 110 valence electrons. The van der Waals surface area contributed by atoms with E-state index in [2.05, 4.69) is 25.7 Å². The van der Waals surface area contributed by atoms with Crippen molar-refractivity contribution in [3.05, 3.63) is 35.9 Å². The Kier molecular flexibility index (Phi) is 4.85. The van der Waals surface area contributed by atoms with E-state index in [1.165, 1.54) is 19.3 Å². The van der Waals surface area contributed by atoms with E-state index in [9.17, 15) is 4.79 Å². The summed E-state index contributed by atoms with van der Waals surface area (Å²) in [5.41, 5.74) is 0.962. The molecule has 1 aliphatic carbocycles. The summed E-state index contributed by atoms with van der Waals surface area (Å²) in [6, 6.07) is 10.1. The van der Waals surface area contributed by atoms with Crippen molar-refractivity contribution < 1.29 is 4.79 Å². The van der Waals surface area contributed by atoms with Gasteiger partial charge in [0.05, 0.1) is 0 Å². The van der Waals surface area contributed by atoms with E-state index in [4.69, 9.17) is 0 Å². The SMILES string of the molecule is CC(C)(C)CN(C(=O)c1ccccc1)C1CCCCC1. The fourth-order valence-electron chi connectivity index (χ4n) is 3.02. The van der Waals surface area contributed by atoms with Gasteiger partial charge in [-0.2, -0.15) is 0 Å². The molecule has 0 unspecified atom stereocenters. The van der Waals surface area contributed by atoms with Gasteiger partial charge in [-0.1, -0.05) is 58.2 Å². The van der Waals surface area contributed by atoms with Gasteiger partial charge in [0.15, 0.2) is 0 Å². The normalized spacial score (nSPS) is 16.9. The van der Waals surface area contributed by atoms with Gasteiger partial charge in [-0.15, -0.1) is 0 Å². The predicted octanol–water partition coefficient (Wildman–Crippen LogP) is 4.51. The highest BCUT2D eigenvalue weighted by atomic mass is 16.2. The van der Waals surface area contributed by atoms with E-state index in [1.54, 1.807) is 0 Å². The second kappa shape index (κ2) is 6.43. The van der Waals surface area contributed by atoms with Crippen LogP contribution in [0.3, 0.4) is 0 Å². The second-order valence-corrected chi connectivity index (χ2v) is 7.15. The lowest BCUT2D eigenvalue weighted by Gasteiger charge is -2.38. The van der Waals surface area contributed by atoms with Crippen LogP contribution in [0.5, 0.6) is 0 Å². The molecule has 0 bridgehead atoms. The first-order valence-electron chi connectivity index (χ1n) is 7.83. The molecule has 0 spiro atoms. The highest BCUT2D eigenvalue weighted by Gasteiger charge is 2.29. The van der Waals surface area contributed by atoms with Crippen LogP contribution in [0.25, 0.3) is 0 Å². The maximum absolute atomic E-state index is 12.8. The summed E-state index contributed by atoms with van der Waals surface area (Å²) in [4.78, 5) is 15.0. The number of hydrogen-bond donors (Lipinski definition) is 0. The Morgan fingerprint density at radius 2 is 1.70 bits per heavy atom. The van der Waals surface area contributed by atoms with Gasteiger partial charge < -0.3 is 4.90 Å². The Labute approximate surface area is 123 Å². The summed E-state index contributed by atoms with van der Waals surface area (Å²) in [7, 11) is 0. The highest BCUT2D eigenvalue weighted by Crippen LogP contribution is 2.27. The van der Waals surface area contributed by atoms with Crippen molar-refractivity contribution in [2.45, 2.75) is 58.9 Å². The minimum atomic E-state index is 0.141. The predicted molar refractivity (Wildman–Crippen MR) is 83.8 cm³/mol. The van der Waals surface area contributed by atoms with E-state index in [1.807, 2.05) is 30.3 Å². The van der Waals surface area contributed by atoms with Crippen LogP contribution in [0.15, 0.2) is 30.3 Å². The molecule has 0 aromatic heterocycles. The average Bonchev–Trinajstić information content (AvgIpc) is 2.45. The Bertz CT molecular complexity index is 426. The number of rotatable bonds is 3. The Hall–Kier alpha value is -1.31. The molecular weight excluding hydrogens is 246 g/mol. The maximum atomic E-state index is 12.8. The topological polar surface area (TPSA) is 20.3 Å². The zero-order chi connectivity index (χ0) is 14.6. The van der Waals surface area contributed by atoms with Crippen LogP contribution in [-0.4, -0.2) is 23.4 Å². The van der Waals surface area contributed by atoms with Crippen LogP contribution in [0, 0.1) is 5.41 Å². The van der Waals surface area contributed by atoms with E-state index < -0.39 is 0 Å². The summed E-state index contributed by atoms with van der Waals surface area (Å²) >= 11 is 0. The van der Waals surface area contributed by atoms with E-state index >= 15 is 0 Å². The van der Waals surface area contributed by atoms with Gasteiger partial charge in [0.25, 0.3) is 5.91 Å². The van der Waals surface area contributed by atoms with Gasteiger partial charge >= 0.3 is 0 Å². The van der Waals surface area contributed by atoms with Gasteiger partial charge in [-0.05, 0) is 30.4 Å². The first-order chi connectivity index (χ1) is 9.47. The number of carbonyl (C=O) groups is 1. The zero-order valence-electron chi connectivity index (χ0n) is 13.1. The maximum Gasteiger partial charge on any atom is 0.254 e. The van der Waals surface area contributed by atoms with Crippen molar-refractivity contribution in [1.82, 2.24) is 4.90 Å². The Morgan fingerprint density at radius 3 is 2.25 bits per heavy atom. The number of benzene rings is 1. The molecule has 1 aromatic rings. The lowest BCUT2D eigenvalue weighted by atomic mass is 9.90. The lowest BCUT2D eigenvalue weighted by Crippen LogP contribution is -2.45. The minimum absolute atomic E-state index is 0.141. The minimum Gasteiger partial charge on any atom is -0.335 e. The first-order valence-corrected chi connectivity index (χ1v) is 7.83. The summed E-state index contributed by atoms with van der Waals surface area (Å²) in [6.45, 7) is 7.47. The molecule has 2 nitrogen and oxygen atoms in total. The van der Waals surface area contributed by atoms with Crippen molar-refractivity contribution in [2.24, 2.45) is 5.41 Å². The molecule has 2 heteroatoms. The molecule has 1 aromatic carbocycles. The molecular formula is C18H27NO. The molecule has 0 saturated heterocycles. The average molecular weight is 273 g/mol. The molecule has 1 aliphatic rings. The molecule has 0 heterocycles. The molecule has 2 rings (SSSR count). The van der Waals surface area contributed by atoms with Crippen molar-refractivity contribution >= 4 is 5.91 Å². The van der Waals surface area contributed by atoms with Crippen LogP contribution in [0.1, 0.15) is 63.2 Å². The third-order valence-corrected chi connectivity index (χ3v) is 3.94. The molecule has 1 saturated carbocycles. The van der Waals surface area contributed by atoms with Crippen LogP contribution in [-0.2, 0) is 0 Å². The van der Waals surface area contributed by atoms with Gasteiger partial charge in [0.1, 0.15) is 0 Å². The smallest absolute Gasteiger partial charge is 0.254 e. The number of carbonyl (C=O) groups excluding carboxylic acids is 1. The van der Waals surface area contributed by atoms with Gasteiger partial charge in [-0.3, -0.25) is 4.79 Å². The quantitative estimate of drug-likeness (QED) is 0.793. The molecule has 0 radical (unpaired) electrons. The first kappa shape index (κ1) is 15.1. The Balaban J connectivity index is 2.19. The molecule has 1 fully saturated rings. The van der Waals surface area contributed by atoms with Gasteiger partial charge in [0.2, 0.25) is 0 Å². The molecule has 0 atom stereocenters. The summed E-state index contributed by atoms with van der Waals surface area (Å²) < 4.78 is 0. The van der Waals surface area contributed by atoms with E-state index in [0.29, 0.717) is 6.04 Å². The largest absolute Gasteiger partial charge is 0.335 e. The zero-order valence-corrected chi connectivity index (χ0v) is 13.1. The van der Waals surface area contributed by atoms with Crippen LogP contribution >= 0.6 is 0 Å². The molecule has 0 aliphatic heterocycles. The fourth-order valence-corrected chi connectivity index (χ4v) is 3.02. The summed E-state index contributed by atoms with van der Waals surface area (Å²) in [6.07, 6.45) is 6.16. The second-order valence-electron chi connectivity index (χ2n) is 7.15.